The molecule has 0 spiro atoms. The number of rotatable bonds is 6. The van der Waals surface area contributed by atoms with E-state index in [0.29, 0.717) is 5.56 Å². The average molecular weight is 247 g/mol. The number of aromatic nitrogens is 1. The number of pyridine rings is 1. The lowest BCUT2D eigenvalue weighted by atomic mass is 10.1. The number of hydrogen-bond acceptors (Lipinski definition) is 3. The summed E-state index contributed by atoms with van der Waals surface area (Å²) in [5, 5.41) is 6.15. The number of carbonyl (C=O) groups excluding carboxylic acids is 1. The molecule has 1 aromatic heterocycles. The molecule has 1 aliphatic carbocycles. The van der Waals surface area contributed by atoms with Crippen LogP contribution < -0.4 is 10.6 Å². The van der Waals surface area contributed by atoms with Crippen LogP contribution in [0, 0.1) is 5.92 Å². The average Bonchev–Trinajstić information content (AvgIpc) is 3.13. The van der Waals surface area contributed by atoms with E-state index in [1.54, 1.807) is 18.3 Å². The maximum atomic E-state index is 12.0. The van der Waals surface area contributed by atoms with Gasteiger partial charge in [-0.05, 0) is 38.3 Å². The van der Waals surface area contributed by atoms with E-state index in [1.165, 1.54) is 12.8 Å². The summed E-state index contributed by atoms with van der Waals surface area (Å²) in [5.41, 5.74) is 0.670. The number of nitrogens with one attached hydrogen (secondary N) is 2. The van der Waals surface area contributed by atoms with Gasteiger partial charge in [-0.3, -0.25) is 4.79 Å². The van der Waals surface area contributed by atoms with Gasteiger partial charge in [0, 0.05) is 24.3 Å². The molecule has 4 nitrogen and oxygen atoms in total. The SMILES string of the molecule is CCNc1cc(C(=O)NC(C)CC2CC2)ccn1. The molecule has 1 fully saturated rings. The molecule has 4 heteroatoms. The zero-order chi connectivity index (χ0) is 13.0. The highest BCUT2D eigenvalue weighted by atomic mass is 16.1. The Morgan fingerprint density at radius 2 is 2.33 bits per heavy atom. The van der Waals surface area contributed by atoms with Crippen molar-refractivity contribution in [2.24, 2.45) is 5.92 Å². The Morgan fingerprint density at radius 3 is 3.00 bits per heavy atom. The molecule has 1 unspecified atom stereocenters. The van der Waals surface area contributed by atoms with Gasteiger partial charge in [0.15, 0.2) is 0 Å². The van der Waals surface area contributed by atoms with Crippen molar-refractivity contribution >= 4 is 11.7 Å². The number of hydrogen-bond donors (Lipinski definition) is 2. The summed E-state index contributed by atoms with van der Waals surface area (Å²) in [7, 11) is 0. The van der Waals surface area contributed by atoms with Gasteiger partial charge in [-0.2, -0.15) is 0 Å². The molecule has 1 atom stereocenters. The van der Waals surface area contributed by atoms with E-state index < -0.39 is 0 Å². The number of anilines is 1. The van der Waals surface area contributed by atoms with Gasteiger partial charge < -0.3 is 10.6 Å². The molecule has 18 heavy (non-hydrogen) atoms. The second-order valence-electron chi connectivity index (χ2n) is 5.01. The van der Waals surface area contributed by atoms with Gasteiger partial charge in [-0.1, -0.05) is 12.8 Å². The predicted molar refractivity (Wildman–Crippen MR) is 72.7 cm³/mol. The van der Waals surface area contributed by atoms with Gasteiger partial charge in [0.25, 0.3) is 5.91 Å². The summed E-state index contributed by atoms with van der Waals surface area (Å²) in [5.74, 6) is 1.57. The Hall–Kier alpha value is -1.58. The van der Waals surface area contributed by atoms with Gasteiger partial charge >= 0.3 is 0 Å². The maximum Gasteiger partial charge on any atom is 0.251 e. The zero-order valence-electron chi connectivity index (χ0n) is 11.1. The standard InChI is InChI=1S/C14H21N3O/c1-3-15-13-9-12(6-7-16-13)14(18)17-10(2)8-11-4-5-11/h6-7,9-11H,3-5,8H2,1-2H3,(H,15,16)(H,17,18). The van der Waals surface area contributed by atoms with E-state index in [2.05, 4.69) is 22.5 Å². The van der Waals surface area contributed by atoms with E-state index in [9.17, 15) is 4.79 Å². The Labute approximate surface area is 108 Å². The third-order valence-electron chi connectivity index (χ3n) is 3.14. The van der Waals surface area contributed by atoms with Crippen molar-refractivity contribution in [1.82, 2.24) is 10.3 Å². The molecule has 0 bridgehead atoms. The van der Waals surface area contributed by atoms with Crippen LogP contribution in [0.4, 0.5) is 5.82 Å². The Balaban J connectivity index is 1.92. The molecule has 1 aromatic rings. The first-order valence-corrected chi connectivity index (χ1v) is 6.69. The summed E-state index contributed by atoms with van der Waals surface area (Å²) < 4.78 is 0. The smallest absolute Gasteiger partial charge is 0.251 e. The zero-order valence-corrected chi connectivity index (χ0v) is 11.1. The molecule has 1 aliphatic rings. The van der Waals surface area contributed by atoms with Crippen molar-refractivity contribution < 1.29 is 4.79 Å². The first kappa shape index (κ1) is 12.9. The maximum absolute atomic E-state index is 12.0. The highest BCUT2D eigenvalue weighted by Gasteiger charge is 2.24. The van der Waals surface area contributed by atoms with Crippen LogP contribution in [-0.4, -0.2) is 23.5 Å². The van der Waals surface area contributed by atoms with Crippen molar-refractivity contribution in [3.8, 4) is 0 Å². The third kappa shape index (κ3) is 3.72. The molecular weight excluding hydrogens is 226 g/mol. The topological polar surface area (TPSA) is 54.0 Å². The van der Waals surface area contributed by atoms with Crippen molar-refractivity contribution in [2.45, 2.75) is 39.2 Å². The summed E-state index contributed by atoms with van der Waals surface area (Å²) in [6, 6.07) is 3.80. The molecule has 0 aromatic carbocycles. The van der Waals surface area contributed by atoms with Gasteiger partial charge in [0.1, 0.15) is 5.82 Å². The minimum Gasteiger partial charge on any atom is -0.370 e. The quantitative estimate of drug-likeness (QED) is 0.811. The van der Waals surface area contributed by atoms with Gasteiger partial charge in [0.05, 0.1) is 0 Å². The Morgan fingerprint density at radius 1 is 1.56 bits per heavy atom. The lowest BCUT2D eigenvalue weighted by molar-refractivity contribution is 0.0937. The number of nitrogens with zero attached hydrogens (tertiary/aromatic N) is 1. The minimum absolute atomic E-state index is 0.00953. The highest BCUT2D eigenvalue weighted by Crippen LogP contribution is 2.33. The number of amides is 1. The number of carbonyl (C=O) groups is 1. The normalized spacial score (nSPS) is 16.1. The molecule has 1 amide bonds. The lowest BCUT2D eigenvalue weighted by Crippen LogP contribution is -2.32. The molecule has 1 heterocycles. The molecule has 1 saturated carbocycles. The molecule has 98 valence electrons. The first-order chi connectivity index (χ1) is 8.69. The molecule has 0 saturated heterocycles. The minimum atomic E-state index is -0.00953. The van der Waals surface area contributed by atoms with Crippen LogP contribution in [0.1, 0.15) is 43.5 Å². The second-order valence-corrected chi connectivity index (χ2v) is 5.01. The summed E-state index contributed by atoms with van der Waals surface area (Å²) in [4.78, 5) is 16.2. The van der Waals surface area contributed by atoms with Gasteiger partial charge in [-0.25, -0.2) is 4.98 Å². The van der Waals surface area contributed by atoms with E-state index in [0.717, 1.165) is 24.7 Å². The van der Waals surface area contributed by atoms with Crippen molar-refractivity contribution in [3.05, 3.63) is 23.9 Å². The second kappa shape index (κ2) is 5.85. The van der Waals surface area contributed by atoms with Crippen molar-refractivity contribution in [3.63, 3.8) is 0 Å². The van der Waals surface area contributed by atoms with E-state index in [1.807, 2.05) is 6.92 Å². The van der Waals surface area contributed by atoms with Crippen LogP contribution in [0.3, 0.4) is 0 Å². The molecule has 0 radical (unpaired) electrons. The van der Waals surface area contributed by atoms with Crippen LogP contribution in [0.2, 0.25) is 0 Å². The van der Waals surface area contributed by atoms with E-state index in [-0.39, 0.29) is 11.9 Å². The first-order valence-electron chi connectivity index (χ1n) is 6.69. The Kier molecular flexibility index (Phi) is 4.18. The molecular formula is C14H21N3O. The van der Waals surface area contributed by atoms with Crippen LogP contribution in [0.5, 0.6) is 0 Å². The molecule has 0 aliphatic heterocycles. The molecule has 2 N–H and O–H groups in total. The monoisotopic (exact) mass is 247 g/mol. The fraction of sp³-hybridized carbons (Fsp3) is 0.571. The summed E-state index contributed by atoms with van der Waals surface area (Å²) in [6.45, 7) is 4.88. The van der Waals surface area contributed by atoms with E-state index in [4.69, 9.17) is 0 Å². The fourth-order valence-electron chi connectivity index (χ4n) is 2.07. The summed E-state index contributed by atoms with van der Waals surface area (Å²) >= 11 is 0. The van der Waals surface area contributed by atoms with Crippen molar-refractivity contribution in [2.75, 3.05) is 11.9 Å². The van der Waals surface area contributed by atoms with Crippen LogP contribution >= 0.6 is 0 Å². The largest absolute Gasteiger partial charge is 0.370 e. The predicted octanol–water partition coefficient (Wildman–Crippen LogP) is 2.43. The van der Waals surface area contributed by atoms with Gasteiger partial charge in [0.2, 0.25) is 0 Å². The molecule has 2 rings (SSSR count). The van der Waals surface area contributed by atoms with E-state index >= 15 is 0 Å². The fourth-order valence-corrected chi connectivity index (χ4v) is 2.07. The Bertz CT molecular complexity index is 415. The van der Waals surface area contributed by atoms with Crippen LogP contribution in [0.25, 0.3) is 0 Å². The highest BCUT2D eigenvalue weighted by molar-refractivity contribution is 5.94. The van der Waals surface area contributed by atoms with Crippen molar-refractivity contribution in [1.29, 1.82) is 0 Å². The summed E-state index contributed by atoms with van der Waals surface area (Å²) in [6.07, 6.45) is 5.40. The van der Waals surface area contributed by atoms with Crippen LogP contribution in [-0.2, 0) is 0 Å². The third-order valence-corrected chi connectivity index (χ3v) is 3.14. The van der Waals surface area contributed by atoms with Crippen LogP contribution in [0.15, 0.2) is 18.3 Å². The van der Waals surface area contributed by atoms with Gasteiger partial charge in [-0.15, -0.1) is 0 Å². The lowest BCUT2D eigenvalue weighted by Gasteiger charge is -2.13.